The third-order valence-electron chi connectivity index (χ3n) is 1.77. The predicted octanol–water partition coefficient (Wildman–Crippen LogP) is 2.21. The number of alkyl halides is 2. The molecule has 0 spiro atoms. The second kappa shape index (κ2) is 4.37. The van der Waals surface area contributed by atoms with Crippen LogP contribution in [0, 0.1) is 0 Å². The monoisotopic (exact) mass is 200 g/mol. The molecule has 0 unspecified atom stereocenters. The fourth-order valence-corrected chi connectivity index (χ4v) is 1.07. The molecule has 0 aromatic heterocycles. The third-order valence-corrected chi connectivity index (χ3v) is 1.77. The van der Waals surface area contributed by atoms with Crippen LogP contribution in [-0.4, -0.2) is 12.5 Å². The first kappa shape index (κ1) is 10.9. The van der Waals surface area contributed by atoms with Crippen LogP contribution >= 0.6 is 0 Å². The Hall–Kier alpha value is -1.16. The summed E-state index contributed by atoms with van der Waals surface area (Å²) in [6, 6.07) is 7.16. The fraction of sp³-hybridized carbons (Fsp3) is 0.400. The summed E-state index contributed by atoms with van der Waals surface area (Å²) < 4.78 is 25.0. The van der Waals surface area contributed by atoms with Crippen molar-refractivity contribution in [1.29, 1.82) is 0 Å². The smallest absolute Gasteiger partial charge is 0.262 e. The summed E-state index contributed by atoms with van der Waals surface area (Å²) in [6.45, 7) is 0.936. The first-order valence-electron chi connectivity index (χ1n) is 4.42. The van der Waals surface area contributed by atoms with Gasteiger partial charge in [0.25, 0.3) is 5.92 Å². The van der Waals surface area contributed by atoms with E-state index in [1.54, 1.807) is 18.2 Å². The van der Waals surface area contributed by atoms with Crippen LogP contribution in [0.2, 0.25) is 0 Å². The minimum absolute atomic E-state index is 0.360. The van der Waals surface area contributed by atoms with Gasteiger partial charge in [0, 0.05) is 19.2 Å². The van der Waals surface area contributed by atoms with Crippen molar-refractivity contribution in [2.45, 2.75) is 19.4 Å². The summed E-state index contributed by atoms with van der Waals surface area (Å²) in [6.07, 6.45) is 0. The molecule has 78 valence electrons. The molecule has 1 rings (SSSR count). The van der Waals surface area contributed by atoms with E-state index in [0.717, 1.165) is 12.5 Å². The molecule has 0 aliphatic rings. The van der Waals surface area contributed by atoms with Gasteiger partial charge in [-0.15, -0.1) is 0 Å². The van der Waals surface area contributed by atoms with Gasteiger partial charge < -0.3 is 11.1 Å². The van der Waals surface area contributed by atoms with E-state index >= 15 is 0 Å². The zero-order valence-electron chi connectivity index (χ0n) is 8.06. The first-order chi connectivity index (χ1) is 6.51. The van der Waals surface area contributed by atoms with Crippen molar-refractivity contribution < 1.29 is 8.78 Å². The Morgan fingerprint density at radius 1 is 1.43 bits per heavy atom. The van der Waals surface area contributed by atoms with Crippen LogP contribution in [0.25, 0.3) is 0 Å². The molecule has 0 heterocycles. The van der Waals surface area contributed by atoms with E-state index in [0.29, 0.717) is 12.2 Å². The first-order valence-corrected chi connectivity index (χ1v) is 4.42. The number of hydrogen-bond acceptors (Lipinski definition) is 2. The van der Waals surface area contributed by atoms with Gasteiger partial charge in [-0.25, -0.2) is 8.78 Å². The van der Waals surface area contributed by atoms with E-state index in [4.69, 9.17) is 5.73 Å². The van der Waals surface area contributed by atoms with Crippen molar-refractivity contribution in [3.8, 4) is 0 Å². The normalized spacial score (nSPS) is 11.4. The number of anilines is 1. The summed E-state index contributed by atoms with van der Waals surface area (Å²) in [4.78, 5) is 0. The Morgan fingerprint density at radius 3 is 2.71 bits per heavy atom. The lowest BCUT2D eigenvalue weighted by Crippen LogP contribution is -2.22. The molecule has 0 saturated heterocycles. The van der Waals surface area contributed by atoms with E-state index in [9.17, 15) is 8.78 Å². The van der Waals surface area contributed by atoms with Gasteiger partial charge >= 0.3 is 0 Å². The number of benzene rings is 1. The molecule has 1 aromatic rings. The number of nitrogens with two attached hydrogens (primary N) is 1. The summed E-state index contributed by atoms with van der Waals surface area (Å²) in [5, 5.41) is 2.65. The lowest BCUT2D eigenvalue weighted by molar-refractivity contribution is 0.0368. The van der Waals surface area contributed by atoms with Crippen LogP contribution < -0.4 is 11.1 Å². The van der Waals surface area contributed by atoms with Crippen molar-refractivity contribution in [2.24, 2.45) is 5.73 Å². The quantitative estimate of drug-likeness (QED) is 0.782. The Bertz CT molecular complexity index is 294. The highest BCUT2D eigenvalue weighted by molar-refractivity contribution is 5.45. The molecule has 2 nitrogen and oxygen atoms in total. The predicted molar refractivity (Wildman–Crippen MR) is 53.4 cm³/mol. The third kappa shape index (κ3) is 3.70. The topological polar surface area (TPSA) is 38.0 Å². The molecule has 0 atom stereocenters. The van der Waals surface area contributed by atoms with Crippen LogP contribution in [0.3, 0.4) is 0 Å². The molecule has 0 bridgehead atoms. The number of rotatable bonds is 4. The Balaban J connectivity index is 2.59. The number of hydrogen-bond donors (Lipinski definition) is 2. The SMILES string of the molecule is CC(F)(F)CNc1cccc(CN)c1. The number of nitrogens with one attached hydrogen (secondary N) is 1. The summed E-state index contributed by atoms with van der Waals surface area (Å²) in [5.74, 6) is -2.70. The van der Waals surface area contributed by atoms with Crippen molar-refractivity contribution in [3.05, 3.63) is 29.8 Å². The van der Waals surface area contributed by atoms with Crippen LogP contribution in [0.1, 0.15) is 12.5 Å². The molecular weight excluding hydrogens is 186 g/mol. The van der Waals surface area contributed by atoms with E-state index in [1.807, 2.05) is 6.07 Å². The molecule has 0 aliphatic heterocycles. The van der Waals surface area contributed by atoms with Crippen molar-refractivity contribution in [2.75, 3.05) is 11.9 Å². The van der Waals surface area contributed by atoms with E-state index in [1.165, 1.54) is 0 Å². The van der Waals surface area contributed by atoms with Gasteiger partial charge in [-0.05, 0) is 17.7 Å². The van der Waals surface area contributed by atoms with Gasteiger partial charge in [0.2, 0.25) is 0 Å². The highest BCUT2D eigenvalue weighted by atomic mass is 19.3. The molecule has 0 aliphatic carbocycles. The van der Waals surface area contributed by atoms with Crippen LogP contribution in [0.4, 0.5) is 14.5 Å². The van der Waals surface area contributed by atoms with Crippen molar-refractivity contribution >= 4 is 5.69 Å². The second-order valence-electron chi connectivity index (χ2n) is 3.33. The lowest BCUT2D eigenvalue weighted by Gasteiger charge is -2.12. The minimum atomic E-state index is -2.70. The largest absolute Gasteiger partial charge is 0.379 e. The van der Waals surface area contributed by atoms with Gasteiger partial charge in [-0.3, -0.25) is 0 Å². The zero-order valence-corrected chi connectivity index (χ0v) is 8.06. The van der Waals surface area contributed by atoms with Gasteiger partial charge in [0.1, 0.15) is 0 Å². The van der Waals surface area contributed by atoms with Crippen molar-refractivity contribution in [1.82, 2.24) is 0 Å². The maximum absolute atomic E-state index is 12.5. The van der Waals surface area contributed by atoms with E-state index in [-0.39, 0.29) is 6.54 Å². The zero-order chi connectivity index (χ0) is 10.6. The maximum Gasteiger partial charge on any atom is 0.262 e. The van der Waals surface area contributed by atoms with Gasteiger partial charge in [-0.2, -0.15) is 0 Å². The molecule has 1 aromatic carbocycles. The summed E-state index contributed by atoms with van der Waals surface area (Å²) >= 11 is 0. The Morgan fingerprint density at radius 2 is 2.14 bits per heavy atom. The summed E-state index contributed by atoms with van der Waals surface area (Å²) in [5.41, 5.74) is 7.03. The van der Waals surface area contributed by atoms with Crippen LogP contribution in [-0.2, 0) is 6.54 Å². The standard InChI is InChI=1S/C10H14F2N2/c1-10(11,12)7-14-9-4-2-3-8(5-9)6-13/h2-5,14H,6-7,13H2,1H3. The molecule has 0 fully saturated rings. The average molecular weight is 200 g/mol. The van der Waals surface area contributed by atoms with E-state index in [2.05, 4.69) is 5.32 Å². The van der Waals surface area contributed by atoms with E-state index < -0.39 is 5.92 Å². The maximum atomic E-state index is 12.5. The van der Waals surface area contributed by atoms with Crippen LogP contribution in [0.15, 0.2) is 24.3 Å². The fourth-order valence-electron chi connectivity index (χ4n) is 1.07. The lowest BCUT2D eigenvalue weighted by atomic mass is 10.2. The molecule has 4 heteroatoms. The highest BCUT2D eigenvalue weighted by Gasteiger charge is 2.19. The highest BCUT2D eigenvalue weighted by Crippen LogP contribution is 2.15. The molecular formula is C10H14F2N2. The molecule has 0 saturated carbocycles. The molecule has 14 heavy (non-hydrogen) atoms. The van der Waals surface area contributed by atoms with Gasteiger partial charge in [-0.1, -0.05) is 12.1 Å². The minimum Gasteiger partial charge on any atom is -0.379 e. The Labute approximate surface area is 82.1 Å². The van der Waals surface area contributed by atoms with Crippen LogP contribution in [0.5, 0.6) is 0 Å². The molecule has 0 amide bonds. The number of halogens is 2. The van der Waals surface area contributed by atoms with Gasteiger partial charge in [0.05, 0.1) is 6.54 Å². The molecule has 3 N–H and O–H groups in total. The Kier molecular flexibility index (Phi) is 3.41. The summed E-state index contributed by atoms with van der Waals surface area (Å²) in [7, 11) is 0. The molecule has 0 radical (unpaired) electrons. The van der Waals surface area contributed by atoms with Gasteiger partial charge in [0.15, 0.2) is 0 Å². The average Bonchev–Trinajstić information content (AvgIpc) is 2.14. The second-order valence-corrected chi connectivity index (χ2v) is 3.33. The van der Waals surface area contributed by atoms with Crippen molar-refractivity contribution in [3.63, 3.8) is 0 Å².